The monoisotopic (exact) mass is 250 g/mol. The number of aliphatic hydroxyl groups is 1. The summed E-state index contributed by atoms with van der Waals surface area (Å²) >= 11 is 0. The molecule has 0 unspecified atom stereocenters. The smallest absolute Gasteiger partial charge is 0.225 e. The summed E-state index contributed by atoms with van der Waals surface area (Å²) in [6.07, 6.45) is 1.91. The summed E-state index contributed by atoms with van der Waals surface area (Å²) < 4.78 is 5.69. The van der Waals surface area contributed by atoms with Gasteiger partial charge in [-0.05, 0) is 30.9 Å². The lowest BCUT2D eigenvalue weighted by Gasteiger charge is -2.20. The third-order valence-electron chi connectivity index (χ3n) is 3.16. The van der Waals surface area contributed by atoms with E-state index >= 15 is 0 Å². The number of hydrogen-bond donors (Lipinski definition) is 2. The molecule has 1 aliphatic rings. The zero-order chi connectivity index (χ0) is 13.1. The first-order chi connectivity index (χ1) is 8.67. The number of anilines is 1. The van der Waals surface area contributed by atoms with E-state index in [2.05, 4.69) is 10.3 Å². The number of amides is 1. The van der Waals surface area contributed by atoms with Crippen molar-refractivity contribution in [3.8, 4) is 5.75 Å². The van der Waals surface area contributed by atoms with E-state index in [1.807, 2.05) is 13.8 Å². The molecule has 2 N–H and O–H groups in total. The quantitative estimate of drug-likeness (QED) is 0.835. The highest BCUT2D eigenvalue weighted by Crippen LogP contribution is 2.32. The van der Waals surface area contributed by atoms with Crippen molar-refractivity contribution in [2.45, 2.75) is 39.7 Å². The van der Waals surface area contributed by atoms with Gasteiger partial charge in [-0.2, -0.15) is 0 Å². The van der Waals surface area contributed by atoms with Gasteiger partial charge in [0.1, 0.15) is 0 Å². The van der Waals surface area contributed by atoms with Crippen molar-refractivity contribution in [1.29, 1.82) is 0 Å². The van der Waals surface area contributed by atoms with Crippen LogP contribution in [0.3, 0.4) is 0 Å². The Morgan fingerprint density at radius 1 is 1.50 bits per heavy atom. The second kappa shape index (κ2) is 5.35. The summed E-state index contributed by atoms with van der Waals surface area (Å²) in [4.78, 5) is 15.9. The Bertz CT molecular complexity index is 472. The maximum Gasteiger partial charge on any atom is 0.225 e. The molecule has 1 aromatic heterocycles. The summed E-state index contributed by atoms with van der Waals surface area (Å²) in [6.45, 7) is 4.33. The zero-order valence-electron chi connectivity index (χ0n) is 10.7. The fourth-order valence-corrected chi connectivity index (χ4v) is 2.25. The summed E-state index contributed by atoms with van der Waals surface area (Å²) in [7, 11) is 0. The molecule has 0 saturated carbocycles. The lowest BCUT2D eigenvalue weighted by atomic mass is 10.0. The van der Waals surface area contributed by atoms with Gasteiger partial charge in [0.05, 0.1) is 18.9 Å². The first-order valence-electron chi connectivity index (χ1n) is 6.23. The molecule has 1 amide bonds. The van der Waals surface area contributed by atoms with Crippen LogP contribution in [0.15, 0.2) is 0 Å². The van der Waals surface area contributed by atoms with Crippen molar-refractivity contribution >= 4 is 11.7 Å². The standard InChI is InChI=1S/C13H18N2O3/c1-3-9-8(2)12-13(14-10(9)7-16)15-11(17)5-4-6-18-12/h16H,3-7H2,1-2H3,(H,14,15,17). The number of nitrogens with one attached hydrogen (secondary N) is 1. The second-order valence-electron chi connectivity index (χ2n) is 4.35. The van der Waals surface area contributed by atoms with E-state index in [1.54, 1.807) is 0 Å². The highest BCUT2D eigenvalue weighted by atomic mass is 16.5. The van der Waals surface area contributed by atoms with Crippen molar-refractivity contribution in [3.05, 3.63) is 16.8 Å². The molecule has 5 nitrogen and oxygen atoms in total. The van der Waals surface area contributed by atoms with Gasteiger partial charge in [0.25, 0.3) is 0 Å². The predicted molar refractivity (Wildman–Crippen MR) is 67.6 cm³/mol. The third-order valence-corrected chi connectivity index (χ3v) is 3.16. The number of nitrogens with zero attached hydrogens (tertiary/aromatic N) is 1. The van der Waals surface area contributed by atoms with Crippen LogP contribution in [0, 0.1) is 6.92 Å². The van der Waals surface area contributed by atoms with Crippen molar-refractivity contribution in [2.24, 2.45) is 0 Å². The number of pyridine rings is 1. The van der Waals surface area contributed by atoms with Gasteiger partial charge in [-0.15, -0.1) is 0 Å². The molecule has 0 fully saturated rings. The Kier molecular flexibility index (Phi) is 3.81. The maximum absolute atomic E-state index is 11.6. The predicted octanol–water partition coefficient (Wildman–Crippen LogP) is 1.56. The first kappa shape index (κ1) is 12.8. The molecule has 0 saturated heterocycles. The molecule has 1 aromatic rings. The molecule has 1 aliphatic heterocycles. The summed E-state index contributed by atoms with van der Waals surface area (Å²) in [5.41, 5.74) is 2.55. The number of rotatable bonds is 2. The molecular weight excluding hydrogens is 232 g/mol. The largest absolute Gasteiger partial charge is 0.489 e. The van der Waals surface area contributed by atoms with Gasteiger partial charge in [-0.1, -0.05) is 6.92 Å². The number of fused-ring (bicyclic) bond motifs is 1. The molecule has 0 aliphatic carbocycles. The fraction of sp³-hybridized carbons (Fsp3) is 0.538. The van der Waals surface area contributed by atoms with Gasteiger partial charge < -0.3 is 15.2 Å². The van der Waals surface area contributed by atoms with E-state index < -0.39 is 0 Å². The number of hydrogen-bond acceptors (Lipinski definition) is 4. The number of ether oxygens (including phenoxy) is 1. The number of aromatic nitrogens is 1. The van der Waals surface area contributed by atoms with Gasteiger partial charge in [0.2, 0.25) is 5.91 Å². The van der Waals surface area contributed by atoms with Crippen LogP contribution < -0.4 is 10.1 Å². The molecular formula is C13H18N2O3. The van der Waals surface area contributed by atoms with Crippen molar-refractivity contribution in [3.63, 3.8) is 0 Å². The molecule has 2 rings (SSSR count). The molecule has 0 atom stereocenters. The fourth-order valence-electron chi connectivity index (χ4n) is 2.25. The molecule has 0 spiro atoms. The van der Waals surface area contributed by atoms with Crippen LogP contribution in [-0.4, -0.2) is 22.6 Å². The summed E-state index contributed by atoms with van der Waals surface area (Å²) in [6, 6.07) is 0. The highest BCUT2D eigenvalue weighted by Gasteiger charge is 2.20. The molecule has 0 bridgehead atoms. The first-order valence-corrected chi connectivity index (χ1v) is 6.23. The summed E-state index contributed by atoms with van der Waals surface area (Å²) in [5, 5.41) is 12.1. The average molecular weight is 250 g/mol. The molecule has 0 radical (unpaired) electrons. The van der Waals surface area contributed by atoms with Crippen LogP contribution in [0.5, 0.6) is 5.75 Å². The van der Waals surface area contributed by atoms with E-state index in [0.717, 1.165) is 17.5 Å². The molecule has 0 aromatic carbocycles. The minimum Gasteiger partial charge on any atom is -0.489 e. The topological polar surface area (TPSA) is 71.5 Å². The van der Waals surface area contributed by atoms with Crippen LogP contribution >= 0.6 is 0 Å². The van der Waals surface area contributed by atoms with Crippen molar-refractivity contribution < 1.29 is 14.6 Å². The highest BCUT2D eigenvalue weighted by molar-refractivity contribution is 5.91. The zero-order valence-corrected chi connectivity index (χ0v) is 10.7. The molecule has 2 heterocycles. The van der Waals surface area contributed by atoms with Crippen LogP contribution in [0.4, 0.5) is 5.82 Å². The van der Waals surface area contributed by atoms with Gasteiger partial charge in [-0.25, -0.2) is 4.98 Å². The third kappa shape index (κ3) is 2.31. The Hall–Kier alpha value is -1.62. The SMILES string of the molecule is CCc1c(CO)nc2c(c1C)OCCCC(=O)N2. The van der Waals surface area contributed by atoms with Crippen molar-refractivity contribution in [2.75, 3.05) is 11.9 Å². The van der Waals surface area contributed by atoms with E-state index in [0.29, 0.717) is 36.7 Å². The lowest BCUT2D eigenvalue weighted by molar-refractivity contribution is -0.116. The number of carbonyl (C=O) groups excluding carboxylic acids is 1. The van der Waals surface area contributed by atoms with Crippen LogP contribution in [0.25, 0.3) is 0 Å². The van der Waals surface area contributed by atoms with Crippen molar-refractivity contribution in [1.82, 2.24) is 4.98 Å². The molecule has 18 heavy (non-hydrogen) atoms. The maximum atomic E-state index is 11.6. The van der Waals surface area contributed by atoms with E-state index in [9.17, 15) is 9.90 Å². The van der Waals surface area contributed by atoms with E-state index in [4.69, 9.17) is 4.74 Å². The molecule has 98 valence electrons. The minimum absolute atomic E-state index is 0.0559. The average Bonchev–Trinajstić information content (AvgIpc) is 2.33. The van der Waals surface area contributed by atoms with Crippen LogP contribution in [-0.2, 0) is 17.8 Å². The Balaban J connectivity index is 2.54. The van der Waals surface area contributed by atoms with E-state index in [-0.39, 0.29) is 12.5 Å². The van der Waals surface area contributed by atoms with E-state index in [1.165, 1.54) is 0 Å². The second-order valence-corrected chi connectivity index (χ2v) is 4.35. The lowest BCUT2D eigenvalue weighted by Crippen LogP contribution is -2.20. The Morgan fingerprint density at radius 3 is 2.94 bits per heavy atom. The molecule has 5 heteroatoms. The Labute approximate surface area is 106 Å². The normalized spacial score (nSPS) is 15.2. The number of carbonyl (C=O) groups is 1. The minimum atomic E-state index is -0.132. The van der Waals surface area contributed by atoms with Gasteiger partial charge in [-0.3, -0.25) is 4.79 Å². The van der Waals surface area contributed by atoms with Gasteiger partial charge in [0, 0.05) is 6.42 Å². The number of aliphatic hydroxyl groups excluding tert-OH is 1. The van der Waals surface area contributed by atoms with Crippen LogP contribution in [0.2, 0.25) is 0 Å². The van der Waals surface area contributed by atoms with Crippen LogP contribution in [0.1, 0.15) is 36.6 Å². The van der Waals surface area contributed by atoms with Gasteiger partial charge >= 0.3 is 0 Å². The van der Waals surface area contributed by atoms with Gasteiger partial charge in [0.15, 0.2) is 11.6 Å². The summed E-state index contributed by atoms with van der Waals surface area (Å²) in [5.74, 6) is 1.01. The Morgan fingerprint density at radius 2 is 2.28 bits per heavy atom.